The van der Waals surface area contributed by atoms with Gasteiger partial charge in [0.05, 0.1) is 12.2 Å². The molecular weight excluding hydrogens is 220 g/mol. The van der Waals surface area contributed by atoms with Crippen molar-refractivity contribution in [3.63, 3.8) is 0 Å². The second-order valence-corrected chi connectivity index (χ2v) is 5.51. The van der Waals surface area contributed by atoms with Crippen LogP contribution in [0.4, 0.5) is 0 Å². The first-order valence-corrected chi connectivity index (χ1v) is 7.29. The maximum Gasteiger partial charge on any atom is 0.0801 e. The summed E-state index contributed by atoms with van der Waals surface area (Å²) in [6.07, 6.45) is 8.31. The Morgan fingerprint density at radius 2 is 1.78 bits per heavy atom. The van der Waals surface area contributed by atoms with Gasteiger partial charge in [-0.15, -0.1) is 0 Å². The van der Waals surface area contributed by atoms with Crippen LogP contribution >= 0.6 is 0 Å². The van der Waals surface area contributed by atoms with Crippen molar-refractivity contribution in [3.8, 4) is 0 Å². The molecule has 1 saturated heterocycles. The molecule has 1 aromatic rings. The van der Waals surface area contributed by atoms with Gasteiger partial charge in [0.2, 0.25) is 0 Å². The van der Waals surface area contributed by atoms with Crippen LogP contribution in [-0.4, -0.2) is 12.2 Å². The van der Waals surface area contributed by atoms with Crippen molar-refractivity contribution in [2.45, 2.75) is 57.7 Å². The molecule has 18 heavy (non-hydrogen) atoms. The van der Waals surface area contributed by atoms with Gasteiger partial charge in [0, 0.05) is 0 Å². The van der Waals surface area contributed by atoms with Crippen molar-refractivity contribution >= 4 is 0 Å². The lowest BCUT2D eigenvalue weighted by molar-refractivity contribution is 0.110. The molecule has 0 amide bonds. The van der Waals surface area contributed by atoms with Crippen molar-refractivity contribution < 1.29 is 4.74 Å². The topological polar surface area (TPSA) is 9.23 Å². The Hall–Kier alpha value is -1.08. The van der Waals surface area contributed by atoms with Crippen LogP contribution in [0.3, 0.4) is 0 Å². The molecule has 0 radical (unpaired) electrons. The van der Waals surface area contributed by atoms with Gasteiger partial charge in [0.15, 0.2) is 0 Å². The predicted octanol–water partition coefficient (Wildman–Crippen LogP) is 4.28. The Bertz CT molecular complexity index is 432. The summed E-state index contributed by atoms with van der Waals surface area (Å²) >= 11 is 0. The lowest BCUT2D eigenvalue weighted by atomic mass is 9.85. The summed E-state index contributed by atoms with van der Waals surface area (Å²) in [6, 6.07) is 10.8. The van der Waals surface area contributed by atoms with Crippen LogP contribution in [0.5, 0.6) is 0 Å². The van der Waals surface area contributed by atoms with Gasteiger partial charge >= 0.3 is 0 Å². The van der Waals surface area contributed by atoms with Crippen molar-refractivity contribution in [2.75, 3.05) is 0 Å². The fourth-order valence-electron chi connectivity index (χ4n) is 3.30. The monoisotopic (exact) mass is 242 g/mol. The molecule has 2 atom stereocenters. The van der Waals surface area contributed by atoms with Gasteiger partial charge in [-0.1, -0.05) is 43.7 Å². The van der Waals surface area contributed by atoms with E-state index >= 15 is 0 Å². The van der Waals surface area contributed by atoms with Crippen molar-refractivity contribution in [3.05, 3.63) is 47.0 Å². The zero-order valence-corrected chi connectivity index (χ0v) is 11.2. The van der Waals surface area contributed by atoms with E-state index < -0.39 is 0 Å². The highest BCUT2D eigenvalue weighted by molar-refractivity contribution is 5.35. The van der Waals surface area contributed by atoms with Crippen LogP contribution in [0, 0.1) is 0 Å². The normalized spacial score (nSPS) is 26.1. The van der Waals surface area contributed by atoms with Gasteiger partial charge in [0.1, 0.15) is 0 Å². The number of fused-ring (bicyclic) bond motifs is 2. The van der Waals surface area contributed by atoms with Crippen LogP contribution in [0.25, 0.3) is 0 Å². The SMILES string of the molecule is CCCCC1=C(Cc2ccccc2)C2CCC1O2. The number of benzene rings is 1. The Morgan fingerprint density at radius 3 is 2.50 bits per heavy atom. The summed E-state index contributed by atoms with van der Waals surface area (Å²) in [7, 11) is 0. The van der Waals surface area contributed by atoms with Crippen LogP contribution in [0.15, 0.2) is 41.5 Å². The third-order valence-electron chi connectivity index (χ3n) is 4.25. The minimum Gasteiger partial charge on any atom is -0.366 e. The van der Waals surface area contributed by atoms with Gasteiger partial charge < -0.3 is 4.74 Å². The highest BCUT2D eigenvalue weighted by atomic mass is 16.5. The minimum absolute atomic E-state index is 0.432. The lowest BCUT2D eigenvalue weighted by Gasteiger charge is -2.17. The fourth-order valence-corrected chi connectivity index (χ4v) is 3.30. The lowest BCUT2D eigenvalue weighted by Crippen LogP contribution is -2.11. The van der Waals surface area contributed by atoms with Crippen LogP contribution < -0.4 is 0 Å². The first-order chi connectivity index (χ1) is 8.88. The van der Waals surface area contributed by atoms with E-state index in [2.05, 4.69) is 37.3 Å². The fraction of sp³-hybridized carbons (Fsp3) is 0.529. The number of hydrogen-bond acceptors (Lipinski definition) is 1. The van der Waals surface area contributed by atoms with Crippen molar-refractivity contribution in [1.82, 2.24) is 0 Å². The molecule has 2 aliphatic heterocycles. The molecule has 2 aliphatic rings. The molecule has 2 unspecified atom stereocenters. The summed E-state index contributed by atoms with van der Waals surface area (Å²) in [5, 5.41) is 0. The number of ether oxygens (including phenoxy) is 1. The van der Waals surface area contributed by atoms with E-state index in [9.17, 15) is 0 Å². The summed E-state index contributed by atoms with van der Waals surface area (Å²) in [6.45, 7) is 2.27. The number of hydrogen-bond donors (Lipinski definition) is 0. The van der Waals surface area contributed by atoms with Gasteiger partial charge in [0.25, 0.3) is 0 Å². The molecule has 2 heterocycles. The summed E-state index contributed by atoms with van der Waals surface area (Å²) in [5.41, 5.74) is 4.67. The largest absolute Gasteiger partial charge is 0.366 e. The molecule has 1 aromatic carbocycles. The molecule has 0 aliphatic carbocycles. The average Bonchev–Trinajstić information content (AvgIpc) is 2.99. The van der Waals surface area contributed by atoms with E-state index in [1.165, 1.54) is 37.7 Å². The molecular formula is C17H22O. The molecule has 0 saturated carbocycles. The van der Waals surface area contributed by atoms with Crippen LogP contribution in [0.1, 0.15) is 44.6 Å². The molecule has 1 nitrogen and oxygen atoms in total. The summed E-state index contributed by atoms with van der Waals surface area (Å²) in [4.78, 5) is 0. The first kappa shape index (κ1) is 12.0. The Kier molecular flexibility index (Phi) is 3.51. The smallest absolute Gasteiger partial charge is 0.0801 e. The Labute approximate surface area is 110 Å². The molecule has 0 spiro atoms. The van der Waals surface area contributed by atoms with Crippen LogP contribution in [0.2, 0.25) is 0 Å². The van der Waals surface area contributed by atoms with Crippen molar-refractivity contribution in [1.29, 1.82) is 0 Å². The second-order valence-electron chi connectivity index (χ2n) is 5.51. The second kappa shape index (κ2) is 5.27. The zero-order chi connectivity index (χ0) is 12.4. The van der Waals surface area contributed by atoms with Gasteiger partial charge in [-0.2, -0.15) is 0 Å². The predicted molar refractivity (Wildman–Crippen MR) is 74.6 cm³/mol. The first-order valence-electron chi connectivity index (χ1n) is 7.29. The third kappa shape index (κ3) is 2.24. The van der Waals surface area contributed by atoms with Crippen molar-refractivity contribution in [2.24, 2.45) is 0 Å². The van der Waals surface area contributed by atoms with E-state index in [0.29, 0.717) is 12.2 Å². The minimum atomic E-state index is 0.432. The van der Waals surface area contributed by atoms with Gasteiger partial charge in [-0.05, 0) is 48.8 Å². The van der Waals surface area contributed by atoms with Crippen LogP contribution in [-0.2, 0) is 11.2 Å². The molecule has 0 N–H and O–H groups in total. The van der Waals surface area contributed by atoms with Gasteiger partial charge in [-0.3, -0.25) is 0 Å². The van der Waals surface area contributed by atoms with E-state index in [0.717, 1.165) is 6.42 Å². The van der Waals surface area contributed by atoms with E-state index in [1.807, 2.05) is 0 Å². The average molecular weight is 242 g/mol. The van der Waals surface area contributed by atoms with E-state index in [1.54, 1.807) is 11.1 Å². The highest BCUT2D eigenvalue weighted by Crippen LogP contribution is 2.42. The maximum absolute atomic E-state index is 6.09. The third-order valence-corrected chi connectivity index (χ3v) is 4.25. The molecule has 2 bridgehead atoms. The molecule has 0 aromatic heterocycles. The number of unbranched alkanes of at least 4 members (excludes halogenated alkanes) is 1. The standard InChI is InChI=1S/C17H22O/c1-2-3-9-14-15(17-11-10-16(14)18-17)12-13-7-5-4-6-8-13/h4-8,16-17H,2-3,9-12H2,1H3. The maximum atomic E-state index is 6.09. The molecule has 3 rings (SSSR count). The Balaban J connectivity index is 1.80. The molecule has 96 valence electrons. The van der Waals surface area contributed by atoms with E-state index in [4.69, 9.17) is 4.74 Å². The quantitative estimate of drug-likeness (QED) is 0.700. The number of rotatable bonds is 5. The summed E-state index contributed by atoms with van der Waals surface area (Å²) < 4.78 is 6.09. The molecule has 1 fully saturated rings. The molecule has 1 heteroatoms. The van der Waals surface area contributed by atoms with E-state index in [-0.39, 0.29) is 0 Å². The highest BCUT2D eigenvalue weighted by Gasteiger charge is 2.39. The Morgan fingerprint density at radius 1 is 1.06 bits per heavy atom. The summed E-state index contributed by atoms with van der Waals surface area (Å²) in [5.74, 6) is 0. The van der Waals surface area contributed by atoms with Gasteiger partial charge in [-0.25, -0.2) is 0 Å². The zero-order valence-electron chi connectivity index (χ0n) is 11.2.